The number of aromatic nitrogens is 5. The number of hydrogen-bond acceptors (Lipinski definition) is 4. The molecule has 7 heteroatoms. The second-order valence-electron chi connectivity index (χ2n) is 6.87. The van der Waals surface area contributed by atoms with Crippen LogP contribution in [-0.4, -0.2) is 30.3 Å². The average Bonchev–Trinajstić information content (AvgIpc) is 3.31. The van der Waals surface area contributed by atoms with Crippen LogP contribution in [0.2, 0.25) is 0 Å². The number of rotatable bonds is 5. The number of anilines is 1. The summed E-state index contributed by atoms with van der Waals surface area (Å²) in [5.41, 5.74) is 6.47. The van der Waals surface area contributed by atoms with Gasteiger partial charge in [0.25, 0.3) is 0 Å². The van der Waals surface area contributed by atoms with Gasteiger partial charge in [0.1, 0.15) is 0 Å². The zero-order chi connectivity index (χ0) is 19.7. The Balaban J connectivity index is 1.47. The molecule has 7 nitrogen and oxygen atoms in total. The topological polar surface area (TPSA) is 77.1 Å². The van der Waals surface area contributed by atoms with Crippen molar-refractivity contribution in [2.45, 2.75) is 33.6 Å². The fourth-order valence-corrected chi connectivity index (χ4v) is 3.41. The number of carbonyl (C=O) groups is 1. The van der Waals surface area contributed by atoms with Crippen molar-refractivity contribution in [3.63, 3.8) is 0 Å². The molecule has 0 saturated heterocycles. The van der Waals surface area contributed by atoms with Crippen molar-refractivity contribution in [3.05, 3.63) is 71.4 Å². The summed E-state index contributed by atoms with van der Waals surface area (Å²) in [6.07, 6.45) is 4.58. The number of nitrogens with zero attached hydrogens (tertiary/aromatic N) is 5. The highest BCUT2D eigenvalue weighted by Crippen LogP contribution is 2.18. The van der Waals surface area contributed by atoms with Gasteiger partial charge < -0.3 is 5.32 Å². The van der Waals surface area contributed by atoms with Gasteiger partial charge >= 0.3 is 0 Å². The maximum atomic E-state index is 12.5. The van der Waals surface area contributed by atoms with Gasteiger partial charge in [-0.3, -0.25) is 4.79 Å². The van der Waals surface area contributed by atoms with E-state index in [2.05, 4.69) is 20.5 Å². The molecule has 0 saturated carbocycles. The number of fused-ring (bicyclic) bond motifs is 1. The third-order valence-corrected chi connectivity index (χ3v) is 4.79. The number of benzene rings is 1. The van der Waals surface area contributed by atoms with Crippen LogP contribution in [0.15, 0.2) is 48.8 Å². The fraction of sp³-hybridized carbons (Fsp3) is 0.238. The quantitative estimate of drug-likeness (QED) is 0.581. The molecule has 0 aliphatic heterocycles. The Hall–Kier alpha value is -3.48. The van der Waals surface area contributed by atoms with E-state index in [1.807, 2.05) is 67.9 Å². The number of hydrogen-bond donors (Lipinski definition) is 1. The maximum Gasteiger partial charge on any atom is 0.224 e. The van der Waals surface area contributed by atoms with E-state index in [1.54, 1.807) is 10.9 Å². The molecule has 1 amide bonds. The first-order valence-corrected chi connectivity index (χ1v) is 9.23. The van der Waals surface area contributed by atoms with Crippen LogP contribution in [0.4, 0.5) is 5.69 Å². The number of nitrogens with one attached hydrogen (secondary N) is 1. The second-order valence-corrected chi connectivity index (χ2v) is 6.87. The third kappa shape index (κ3) is 3.51. The maximum absolute atomic E-state index is 12.5. The van der Waals surface area contributed by atoms with E-state index in [-0.39, 0.29) is 5.91 Å². The minimum atomic E-state index is -0.0341. The first-order valence-electron chi connectivity index (χ1n) is 9.23. The molecule has 0 radical (unpaired) electrons. The van der Waals surface area contributed by atoms with Gasteiger partial charge in [0.05, 0.1) is 11.4 Å². The van der Waals surface area contributed by atoms with Gasteiger partial charge in [0.2, 0.25) is 5.91 Å². The minimum absolute atomic E-state index is 0.0341. The van der Waals surface area contributed by atoms with Gasteiger partial charge in [-0.25, -0.2) is 14.2 Å². The van der Waals surface area contributed by atoms with Crippen LogP contribution in [0.1, 0.15) is 29.1 Å². The number of aryl methyl sites for hydroxylation is 3. The van der Waals surface area contributed by atoms with Crippen LogP contribution in [0.3, 0.4) is 0 Å². The Labute approximate surface area is 163 Å². The van der Waals surface area contributed by atoms with Crippen molar-refractivity contribution in [1.82, 2.24) is 24.4 Å². The molecule has 28 heavy (non-hydrogen) atoms. The summed E-state index contributed by atoms with van der Waals surface area (Å²) in [6.45, 7) is 5.96. The van der Waals surface area contributed by atoms with E-state index in [1.165, 1.54) is 0 Å². The van der Waals surface area contributed by atoms with Crippen LogP contribution in [0, 0.1) is 20.8 Å². The molecule has 0 bridgehead atoms. The largest absolute Gasteiger partial charge is 0.326 e. The lowest BCUT2D eigenvalue weighted by Gasteiger charge is -2.11. The molecule has 0 spiro atoms. The van der Waals surface area contributed by atoms with Crippen molar-refractivity contribution >= 4 is 17.2 Å². The van der Waals surface area contributed by atoms with Gasteiger partial charge in [-0.05, 0) is 57.0 Å². The summed E-state index contributed by atoms with van der Waals surface area (Å²) in [4.78, 5) is 17.1. The van der Waals surface area contributed by atoms with Crippen LogP contribution in [0.25, 0.3) is 11.3 Å². The monoisotopic (exact) mass is 374 g/mol. The molecule has 0 atom stereocenters. The van der Waals surface area contributed by atoms with Gasteiger partial charge in [-0.1, -0.05) is 6.07 Å². The first kappa shape index (κ1) is 17.9. The van der Waals surface area contributed by atoms with Crippen molar-refractivity contribution in [2.75, 3.05) is 5.32 Å². The Morgan fingerprint density at radius 2 is 2.00 bits per heavy atom. The van der Waals surface area contributed by atoms with Gasteiger partial charge in [0.15, 0.2) is 5.65 Å². The van der Waals surface area contributed by atoms with E-state index in [4.69, 9.17) is 0 Å². The molecule has 3 heterocycles. The molecule has 142 valence electrons. The molecule has 0 aliphatic rings. The highest BCUT2D eigenvalue weighted by molar-refractivity contribution is 5.91. The Bertz CT molecular complexity index is 1140. The molecule has 1 N–H and O–H groups in total. The zero-order valence-electron chi connectivity index (χ0n) is 16.2. The minimum Gasteiger partial charge on any atom is -0.326 e. The van der Waals surface area contributed by atoms with Gasteiger partial charge in [0, 0.05) is 42.0 Å². The van der Waals surface area contributed by atoms with E-state index in [0.29, 0.717) is 12.8 Å². The van der Waals surface area contributed by atoms with Crippen LogP contribution < -0.4 is 5.32 Å². The predicted octanol–water partition coefficient (Wildman–Crippen LogP) is 3.41. The number of amides is 1. The van der Waals surface area contributed by atoms with E-state index in [0.717, 1.165) is 39.7 Å². The molecular formula is C21H22N6O. The summed E-state index contributed by atoms with van der Waals surface area (Å²) in [5.74, 6) is -0.0341. The Kier molecular flexibility index (Phi) is 4.65. The summed E-state index contributed by atoms with van der Waals surface area (Å²) >= 11 is 0. The lowest BCUT2D eigenvalue weighted by molar-refractivity contribution is -0.116. The Morgan fingerprint density at radius 3 is 2.79 bits per heavy atom. The van der Waals surface area contributed by atoms with E-state index >= 15 is 0 Å². The predicted molar refractivity (Wildman–Crippen MR) is 108 cm³/mol. The molecule has 4 aromatic rings. The fourth-order valence-electron chi connectivity index (χ4n) is 3.41. The summed E-state index contributed by atoms with van der Waals surface area (Å²) < 4.78 is 3.61. The lowest BCUT2D eigenvalue weighted by Crippen LogP contribution is -2.14. The highest BCUT2D eigenvalue weighted by Gasteiger charge is 2.13. The third-order valence-electron chi connectivity index (χ3n) is 4.79. The molecule has 1 aromatic carbocycles. The Morgan fingerprint density at radius 1 is 1.14 bits per heavy atom. The molecule has 3 aromatic heterocycles. The van der Waals surface area contributed by atoms with Crippen LogP contribution in [0.5, 0.6) is 0 Å². The van der Waals surface area contributed by atoms with Gasteiger partial charge in [-0.2, -0.15) is 10.2 Å². The lowest BCUT2D eigenvalue weighted by atomic mass is 10.1. The summed E-state index contributed by atoms with van der Waals surface area (Å²) in [6, 6.07) is 11.5. The highest BCUT2D eigenvalue weighted by atomic mass is 16.1. The summed E-state index contributed by atoms with van der Waals surface area (Å²) in [5, 5.41) is 11.7. The molecular weight excluding hydrogens is 352 g/mol. The van der Waals surface area contributed by atoms with Crippen LogP contribution in [-0.2, 0) is 11.2 Å². The molecule has 0 unspecified atom stereocenters. The smallest absolute Gasteiger partial charge is 0.224 e. The van der Waals surface area contributed by atoms with Gasteiger partial charge in [-0.15, -0.1) is 0 Å². The van der Waals surface area contributed by atoms with E-state index < -0.39 is 0 Å². The molecule has 0 fully saturated rings. The standard InChI is InChI=1S/C21H22N6O/c1-14-12-20-23-15(2)19(16(3)27(20)25-14)8-9-21(28)24-17-6-4-7-18(13-17)26-11-5-10-22-26/h4-7,10-13H,8-9H2,1-3H3,(H,24,28). The zero-order valence-corrected chi connectivity index (χ0v) is 16.2. The first-order chi connectivity index (χ1) is 13.5. The number of carbonyl (C=O) groups excluding carboxylic acids is 1. The SMILES string of the molecule is Cc1cc2nc(C)c(CCC(=O)Nc3cccc(-n4cccn4)c3)c(C)n2n1. The normalized spacial score (nSPS) is 11.1. The van der Waals surface area contributed by atoms with Crippen LogP contribution >= 0.6 is 0 Å². The van der Waals surface area contributed by atoms with Crippen molar-refractivity contribution in [1.29, 1.82) is 0 Å². The second kappa shape index (κ2) is 7.26. The van der Waals surface area contributed by atoms with Crippen molar-refractivity contribution in [3.8, 4) is 5.69 Å². The van der Waals surface area contributed by atoms with E-state index in [9.17, 15) is 4.79 Å². The molecule has 4 rings (SSSR count). The summed E-state index contributed by atoms with van der Waals surface area (Å²) in [7, 11) is 0. The molecule has 0 aliphatic carbocycles. The van der Waals surface area contributed by atoms with Crippen molar-refractivity contribution in [2.24, 2.45) is 0 Å². The average molecular weight is 374 g/mol. The van der Waals surface area contributed by atoms with Crippen molar-refractivity contribution < 1.29 is 4.79 Å².